The van der Waals surface area contributed by atoms with Crippen LogP contribution in [0.25, 0.3) is 0 Å². The monoisotopic (exact) mass is 308 g/mol. The number of carbonyl (C=O) groups excluding carboxylic acids is 1. The molecular weight excluding hydrogens is 292 g/mol. The highest BCUT2D eigenvalue weighted by Crippen LogP contribution is 2.23. The third-order valence-corrected chi connectivity index (χ3v) is 3.46. The van der Waals surface area contributed by atoms with Crippen molar-refractivity contribution in [2.24, 2.45) is 15.3 Å². The fraction of sp³-hybridized carbons (Fsp3) is 0.176. The van der Waals surface area contributed by atoms with E-state index < -0.39 is 6.04 Å². The zero-order valence-electron chi connectivity index (χ0n) is 12.9. The van der Waals surface area contributed by atoms with Gasteiger partial charge in [-0.15, -0.1) is 0 Å². The summed E-state index contributed by atoms with van der Waals surface area (Å²) in [6, 6.07) is 15.7. The highest BCUT2D eigenvalue weighted by Gasteiger charge is 2.34. The van der Waals surface area contributed by atoms with Gasteiger partial charge in [-0.05, 0) is 43.3 Å². The Bertz CT molecular complexity index is 754. The first kappa shape index (κ1) is 14.9. The van der Waals surface area contributed by atoms with Crippen molar-refractivity contribution >= 4 is 23.0 Å². The summed E-state index contributed by atoms with van der Waals surface area (Å²) in [6.07, 6.45) is 0. The van der Waals surface area contributed by atoms with Crippen LogP contribution in [0.1, 0.15) is 6.92 Å². The predicted octanol–water partition coefficient (Wildman–Crippen LogP) is 3.57. The second kappa shape index (κ2) is 6.39. The van der Waals surface area contributed by atoms with E-state index in [4.69, 9.17) is 4.74 Å². The van der Waals surface area contributed by atoms with Crippen molar-refractivity contribution in [1.82, 2.24) is 0 Å². The van der Waals surface area contributed by atoms with E-state index in [1.165, 1.54) is 5.01 Å². The van der Waals surface area contributed by atoms with Gasteiger partial charge in [0.1, 0.15) is 5.75 Å². The molecule has 0 bridgehead atoms. The number of benzene rings is 2. The molecular formula is C17H16N4O2. The van der Waals surface area contributed by atoms with Crippen molar-refractivity contribution < 1.29 is 9.53 Å². The molecule has 0 radical (unpaired) electrons. The molecule has 1 aliphatic rings. The third-order valence-electron chi connectivity index (χ3n) is 3.46. The van der Waals surface area contributed by atoms with Gasteiger partial charge in [0, 0.05) is 0 Å². The first-order valence-corrected chi connectivity index (χ1v) is 7.18. The second-order valence-electron chi connectivity index (χ2n) is 5.04. The molecule has 0 spiro atoms. The van der Waals surface area contributed by atoms with Gasteiger partial charge in [-0.2, -0.15) is 20.3 Å². The van der Waals surface area contributed by atoms with E-state index in [2.05, 4.69) is 15.3 Å². The molecule has 2 aromatic carbocycles. The van der Waals surface area contributed by atoms with Crippen LogP contribution in [0.2, 0.25) is 0 Å². The SMILES string of the molecule is COc1ccc(N=NC2C(=O)N(c3ccccc3)N=C2C)cc1. The number of anilines is 1. The number of hydrogen-bond donors (Lipinski definition) is 0. The van der Waals surface area contributed by atoms with Crippen molar-refractivity contribution in [1.29, 1.82) is 0 Å². The number of hydrazone groups is 1. The highest BCUT2D eigenvalue weighted by molar-refractivity contribution is 6.18. The van der Waals surface area contributed by atoms with Crippen LogP contribution >= 0.6 is 0 Å². The largest absolute Gasteiger partial charge is 0.497 e. The van der Waals surface area contributed by atoms with Gasteiger partial charge >= 0.3 is 0 Å². The van der Waals surface area contributed by atoms with Crippen LogP contribution in [-0.2, 0) is 4.79 Å². The fourth-order valence-corrected chi connectivity index (χ4v) is 2.22. The Balaban J connectivity index is 1.77. The molecule has 3 rings (SSSR count). The molecule has 6 heteroatoms. The number of amides is 1. The van der Waals surface area contributed by atoms with Gasteiger partial charge in [0.05, 0.1) is 24.2 Å². The van der Waals surface area contributed by atoms with Crippen molar-refractivity contribution in [3.8, 4) is 5.75 Å². The number of ether oxygens (including phenoxy) is 1. The summed E-state index contributed by atoms with van der Waals surface area (Å²) in [6.45, 7) is 1.78. The summed E-state index contributed by atoms with van der Waals surface area (Å²) >= 11 is 0. The van der Waals surface area contributed by atoms with Crippen LogP contribution in [-0.4, -0.2) is 24.8 Å². The number of methoxy groups -OCH3 is 1. The predicted molar refractivity (Wildman–Crippen MR) is 88.3 cm³/mol. The maximum absolute atomic E-state index is 12.5. The lowest BCUT2D eigenvalue weighted by Crippen LogP contribution is -2.29. The molecule has 1 aliphatic heterocycles. The number of nitrogens with zero attached hydrogens (tertiary/aromatic N) is 4. The molecule has 1 unspecified atom stereocenters. The van der Waals surface area contributed by atoms with Gasteiger partial charge in [-0.3, -0.25) is 4.79 Å². The third kappa shape index (κ3) is 3.11. The average Bonchev–Trinajstić information content (AvgIpc) is 2.88. The molecule has 1 atom stereocenters. The Kier molecular flexibility index (Phi) is 4.14. The molecule has 1 amide bonds. The first-order valence-electron chi connectivity index (χ1n) is 7.18. The molecule has 116 valence electrons. The van der Waals surface area contributed by atoms with Gasteiger partial charge in [-0.25, -0.2) is 0 Å². The Morgan fingerprint density at radius 1 is 1.09 bits per heavy atom. The second-order valence-corrected chi connectivity index (χ2v) is 5.04. The average molecular weight is 308 g/mol. The van der Waals surface area contributed by atoms with Crippen LogP contribution in [0.3, 0.4) is 0 Å². The Morgan fingerprint density at radius 3 is 2.43 bits per heavy atom. The lowest BCUT2D eigenvalue weighted by molar-refractivity contribution is -0.117. The van der Waals surface area contributed by atoms with Gasteiger partial charge in [0.25, 0.3) is 5.91 Å². The van der Waals surface area contributed by atoms with Gasteiger partial charge in [-0.1, -0.05) is 18.2 Å². The molecule has 1 heterocycles. The molecule has 0 saturated carbocycles. The highest BCUT2D eigenvalue weighted by atomic mass is 16.5. The summed E-state index contributed by atoms with van der Waals surface area (Å²) < 4.78 is 5.09. The van der Waals surface area contributed by atoms with Gasteiger partial charge in [0.15, 0.2) is 6.04 Å². The maximum atomic E-state index is 12.5. The summed E-state index contributed by atoms with van der Waals surface area (Å²) in [5.41, 5.74) is 2.00. The van der Waals surface area contributed by atoms with E-state index in [0.717, 1.165) is 11.4 Å². The molecule has 0 N–H and O–H groups in total. The minimum atomic E-state index is -0.683. The maximum Gasteiger partial charge on any atom is 0.280 e. The minimum Gasteiger partial charge on any atom is -0.497 e. The number of hydrogen-bond acceptors (Lipinski definition) is 5. The van der Waals surface area contributed by atoms with Crippen molar-refractivity contribution in [3.63, 3.8) is 0 Å². The van der Waals surface area contributed by atoms with Crippen LogP contribution in [0.15, 0.2) is 69.9 Å². The quantitative estimate of drug-likeness (QED) is 0.810. The van der Waals surface area contributed by atoms with Crippen molar-refractivity contribution in [2.75, 3.05) is 12.1 Å². The molecule has 0 saturated heterocycles. The van der Waals surface area contributed by atoms with Crippen molar-refractivity contribution in [2.45, 2.75) is 13.0 Å². The molecule has 0 fully saturated rings. The topological polar surface area (TPSA) is 66.6 Å². The standard InChI is InChI=1S/C17H16N4O2/c1-12-16(19-18-13-8-10-15(23-2)11-9-13)17(22)21(20-12)14-6-4-3-5-7-14/h3-11,16H,1-2H3. The minimum absolute atomic E-state index is 0.203. The van der Waals surface area contributed by atoms with E-state index in [1.54, 1.807) is 38.3 Å². The van der Waals surface area contributed by atoms with E-state index >= 15 is 0 Å². The molecule has 2 aromatic rings. The number of para-hydroxylation sites is 1. The van der Waals surface area contributed by atoms with Crippen LogP contribution < -0.4 is 9.75 Å². The van der Waals surface area contributed by atoms with Gasteiger partial charge < -0.3 is 4.74 Å². The van der Waals surface area contributed by atoms with E-state index in [1.807, 2.05) is 30.3 Å². The Hall–Kier alpha value is -3.02. The summed E-state index contributed by atoms with van der Waals surface area (Å²) in [5, 5.41) is 13.9. The van der Waals surface area contributed by atoms with E-state index in [0.29, 0.717) is 11.4 Å². The molecule has 6 nitrogen and oxygen atoms in total. The number of carbonyl (C=O) groups is 1. The van der Waals surface area contributed by atoms with Crippen LogP contribution in [0.4, 0.5) is 11.4 Å². The van der Waals surface area contributed by atoms with Gasteiger partial charge in [0.2, 0.25) is 0 Å². The molecule has 23 heavy (non-hydrogen) atoms. The Morgan fingerprint density at radius 2 is 1.78 bits per heavy atom. The summed E-state index contributed by atoms with van der Waals surface area (Å²) in [5.74, 6) is 0.542. The number of rotatable bonds is 4. The normalized spacial score (nSPS) is 17.7. The summed E-state index contributed by atoms with van der Waals surface area (Å²) in [7, 11) is 1.60. The fourth-order valence-electron chi connectivity index (χ4n) is 2.22. The Labute approximate surface area is 134 Å². The zero-order chi connectivity index (χ0) is 16.2. The zero-order valence-corrected chi connectivity index (χ0v) is 12.9. The van der Waals surface area contributed by atoms with Crippen molar-refractivity contribution in [3.05, 3.63) is 54.6 Å². The molecule has 0 aliphatic carbocycles. The van der Waals surface area contributed by atoms with E-state index in [9.17, 15) is 4.79 Å². The first-order chi connectivity index (χ1) is 11.2. The van der Waals surface area contributed by atoms with Crippen LogP contribution in [0, 0.1) is 0 Å². The number of azo groups is 1. The van der Waals surface area contributed by atoms with E-state index in [-0.39, 0.29) is 5.91 Å². The lowest BCUT2D eigenvalue weighted by Gasteiger charge is -2.11. The molecule has 0 aromatic heterocycles. The summed E-state index contributed by atoms with van der Waals surface area (Å²) in [4.78, 5) is 12.5. The lowest BCUT2D eigenvalue weighted by atomic mass is 10.2. The van der Waals surface area contributed by atoms with Crippen LogP contribution in [0.5, 0.6) is 5.75 Å². The smallest absolute Gasteiger partial charge is 0.280 e.